The highest BCUT2D eigenvalue weighted by atomic mass is 16.4. The summed E-state index contributed by atoms with van der Waals surface area (Å²) >= 11 is 0. The van der Waals surface area contributed by atoms with Crippen LogP contribution in [0, 0.1) is 0 Å². The summed E-state index contributed by atoms with van der Waals surface area (Å²) in [5, 5.41) is 11.8. The highest BCUT2D eigenvalue weighted by Crippen LogP contribution is 2.32. The highest BCUT2D eigenvalue weighted by Gasteiger charge is 2.38. The van der Waals surface area contributed by atoms with Crippen molar-refractivity contribution >= 4 is 17.9 Å². The number of hydrogen-bond acceptors (Lipinski definition) is 3. The van der Waals surface area contributed by atoms with Crippen molar-refractivity contribution in [1.82, 2.24) is 15.1 Å². The van der Waals surface area contributed by atoms with E-state index in [9.17, 15) is 14.4 Å². The van der Waals surface area contributed by atoms with Crippen LogP contribution in [0.4, 0.5) is 4.79 Å². The first-order chi connectivity index (χ1) is 9.26. The van der Waals surface area contributed by atoms with Gasteiger partial charge in [0.2, 0.25) is 5.91 Å². The third-order valence-corrected chi connectivity index (χ3v) is 3.64. The van der Waals surface area contributed by atoms with Gasteiger partial charge in [-0.05, 0) is 12.8 Å². The van der Waals surface area contributed by atoms with E-state index >= 15 is 0 Å². The van der Waals surface area contributed by atoms with Gasteiger partial charge >= 0.3 is 12.0 Å². The standard InChI is InChI=1S/C13H23N3O4/c1-15(2)10(17)9-16(3)12(20)14-13(8-11(18)19)6-4-5-7-13/h4-9H2,1-3H3,(H,14,20)(H,18,19). The number of amides is 3. The maximum atomic E-state index is 12.1. The predicted molar refractivity (Wildman–Crippen MR) is 73.3 cm³/mol. The van der Waals surface area contributed by atoms with Gasteiger partial charge in [0.25, 0.3) is 0 Å². The average molecular weight is 285 g/mol. The summed E-state index contributed by atoms with van der Waals surface area (Å²) in [7, 11) is 4.77. The van der Waals surface area contributed by atoms with Crippen LogP contribution >= 0.6 is 0 Å². The Morgan fingerprint density at radius 1 is 1.15 bits per heavy atom. The molecule has 0 aromatic carbocycles. The Morgan fingerprint density at radius 2 is 1.70 bits per heavy atom. The van der Waals surface area contributed by atoms with Gasteiger partial charge in [-0.15, -0.1) is 0 Å². The molecule has 1 saturated carbocycles. The molecular weight excluding hydrogens is 262 g/mol. The van der Waals surface area contributed by atoms with Crippen LogP contribution in [0.2, 0.25) is 0 Å². The average Bonchev–Trinajstić information content (AvgIpc) is 2.75. The topological polar surface area (TPSA) is 90.0 Å². The minimum atomic E-state index is -0.917. The molecule has 2 N–H and O–H groups in total. The van der Waals surface area contributed by atoms with Crippen LogP contribution in [-0.4, -0.2) is 66.0 Å². The van der Waals surface area contributed by atoms with Gasteiger partial charge in [-0.1, -0.05) is 12.8 Å². The normalized spacial score (nSPS) is 16.6. The minimum absolute atomic E-state index is 0.0258. The van der Waals surface area contributed by atoms with Gasteiger partial charge in [-0.3, -0.25) is 9.59 Å². The molecule has 0 aromatic heterocycles. The van der Waals surface area contributed by atoms with Crippen LogP contribution in [0.3, 0.4) is 0 Å². The van der Waals surface area contributed by atoms with E-state index in [1.54, 1.807) is 14.1 Å². The molecule has 7 heteroatoms. The number of carboxylic acid groups (broad SMARTS) is 1. The number of nitrogens with zero attached hydrogens (tertiary/aromatic N) is 2. The van der Waals surface area contributed by atoms with Crippen molar-refractivity contribution in [2.24, 2.45) is 0 Å². The van der Waals surface area contributed by atoms with E-state index in [1.807, 2.05) is 0 Å². The van der Waals surface area contributed by atoms with Crippen molar-refractivity contribution in [3.63, 3.8) is 0 Å². The van der Waals surface area contributed by atoms with E-state index in [-0.39, 0.29) is 18.9 Å². The summed E-state index contributed by atoms with van der Waals surface area (Å²) in [6.45, 7) is -0.0258. The van der Waals surface area contributed by atoms with Gasteiger partial charge in [0.1, 0.15) is 6.54 Å². The molecule has 20 heavy (non-hydrogen) atoms. The second-order valence-corrected chi connectivity index (χ2v) is 5.63. The lowest BCUT2D eigenvalue weighted by Gasteiger charge is -2.31. The van der Waals surface area contributed by atoms with Crippen LogP contribution in [0.5, 0.6) is 0 Å². The summed E-state index contributed by atoms with van der Waals surface area (Å²) < 4.78 is 0. The number of urea groups is 1. The summed E-state index contributed by atoms with van der Waals surface area (Å²) in [5.74, 6) is -1.10. The van der Waals surface area contributed by atoms with Crippen molar-refractivity contribution < 1.29 is 19.5 Å². The molecule has 0 aliphatic heterocycles. The summed E-state index contributed by atoms with van der Waals surface area (Å²) in [6.07, 6.45) is 3.08. The van der Waals surface area contributed by atoms with Gasteiger partial charge in [-0.25, -0.2) is 4.79 Å². The zero-order valence-corrected chi connectivity index (χ0v) is 12.3. The lowest BCUT2D eigenvalue weighted by atomic mass is 9.93. The number of likely N-dealkylation sites (N-methyl/N-ethyl adjacent to an activating group) is 2. The summed E-state index contributed by atoms with van der Waals surface area (Å²) in [4.78, 5) is 37.3. The van der Waals surface area contributed by atoms with Gasteiger partial charge in [0, 0.05) is 21.1 Å². The fourth-order valence-electron chi connectivity index (χ4n) is 2.43. The largest absolute Gasteiger partial charge is 0.481 e. The Hall–Kier alpha value is -1.79. The molecule has 0 unspecified atom stereocenters. The number of aliphatic carboxylic acids is 1. The zero-order chi connectivity index (χ0) is 15.3. The number of carbonyl (C=O) groups is 3. The molecule has 0 atom stereocenters. The molecule has 1 aliphatic rings. The fraction of sp³-hybridized carbons (Fsp3) is 0.769. The van der Waals surface area contributed by atoms with Crippen LogP contribution in [0.25, 0.3) is 0 Å². The lowest BCUT2D eigenvalue weighted by molar-refractivity contribution is -0.138. The zero-order valence-electron chi connectivity index (χ0n) is 12.3. The fourth-order valence-corrected chi connectivity index (χ4v) is 2.43. The SMILES string of the molecule is CN(C)C(=O)CN(C)C(=O)NC1(CC(=O)O)CCCC1. The molecule has 114 valence electrons. The Kier molecular flexibility index (Phi) is 5.35. The third kappa shape index (κ3) is 4.40. The maximum Gasteiger partial charge on any atom is 0.318 e. The second kappa shape index (κ2) is 6.58. The molecule has 1 fully saturated rings. The van der Waals surface area contributed by atoms with Crippen molar-refractivity contribution in [2.45, 2.75) is 37.6 Å². The predicted octanol–water partition coefficient (Wildman–Crippen LogP) is 0.504. The van der Waals surface area contributed by atoms with E-state index in [0.29, 0.717) is 12.8 Å². The van der Waals surface area contributed by atoms with Crippen LogP contribution in [0.1, 0.15) is 32.1 Å². The molecule has 7 nitrogen and oxygen atoms in total. The lowest BCUT2D eigenvalue weighted by Crippen LogP contribution is -2.53. The van der Waals surface area contributed by atoms with Gasteiger partial charge < -0.3 is 20.2 Å². The monoisotopic (exact) mass is 285 g/mol. The first-order valence-electron chi connectivity index (χ1n) is 6.71. The van der Waals surface area contributed by atoms with Gasteiger partial charge in [0.05, 0.1) is 12.0 Å². The van der Waals surface area contributed by atoms with Crippen molar-refractivity contribution in [1.29, 1.82) is 0 Å². The number of rotatable bonds is 5. The molecule has 0 saturated heterocycles. The first kappa shape index (κ1) is 16.3. The number of carbonyl (C=O) groups excluding carboxylic acids is 2. The quantitative estimate of drug-likeness (QED) is 0.770. The van der Waals surface area contributed by atoms with E-state index in [0.717, 1.165) is 12.8 Å². The molecular formula is C13H23N3O4. The van der Waals surface area contributed by atoms with Gasteiger partial charge in [0.15, 0.2) is 0 Å². The van der Waals surface area contributed by atoms with Crippen molar-refractivity contribution in [3.05, 3.63) is 0 Å². The molecule has 0 spiro atoms. The molecule has 0 heterocycles. The van der Waals surface area contributed by atoms with Crippen LogP contribution in [0.15, 0.2) is 0 Å². The number of nitrogens with one attached hydrogen (secondary N) is 1. The maximum absolute atomic E-state index is 12.1. The number of carboxylic acids is 1. The molecule has 0 aromatic rings. The second-order valence-electron chi connectivity index (χ2n) is 5.63. The van der Waals surface area contributed by atoms with E-state index in [2.05, 4.69) is 5.32 Å². The van der Waals surface area contributed by atoms with Crippen LogP contribution < -0.4 is 5.32 Å². The van der Waals surface area contributed by atoms with Crippen molar-refractivity contribution in [2.75, 3.05) is 27.7 Å². The Morgan fingerprint density at radius 3 is 2.15 bits per heavy atom. The number of hydrogen-bond donors (Lipinski definition) is 2. The third-order valence-electron chi connectivity index (χ3n) is 3.64. The van der Waals surface area contributed by atoms with Crippen LogP contribution in [-0.2, 0) is 9.59 Å². The smallest absolute Gasteiger partial charge is 0.318 e. The Labute approximate surface area is 118 Å². The minimum Gasteiger partial charge on any atom is -0.481 e. The summed E-state index contributed by atoms with van der Waals surface area (Å²) in [5.41, 5.74) is -0.668. The Balaban J connectivity index is 2.62. The van der Waals surface area contributed by atoms with E-state index < -0.39 is 17.5 Å². The van der Waals surface area contributed by atoms with E-state index in [1.165, 1.54) is 16.8 Å². The molecule has 0 radical (unpaired) electrons. The molecule has 0 bridgehead atoms. The Bertz CT molecular complexity index is 389. The first-order valence-corrected chi connectivity index (χ1v) is 6.71. The highest BCUT2D eigenvalue weighted by molar-refractivity contribution is 5.84. The van der Waals surface area contributed by atoms with Gasteiger partial charge in [-0.2, -0.15) is 0 Å². The summed E-state index contributed by atoms with van der Waals surface area (Å²) in [6, 6.07) is -0.400. The molecule has 1 aliphatic carbocycles. The molecule has 3 amide bonds. The molecule has 1 rings (SSSR count). The van der Waals surface area contributed by atoms with E-state index in [4.69, 9.17) is 5.11 Å². The van der Waals surface area contributed by atoms with Crippen molar-refractivity contribution in [3.8, 4) is 0 Å².